The number of anilines is 1. The Labute approximate surface area is 226 Å². The third kappa shape index (κ3) is 4.03. The van der Waals surface area contributed by atoms with Crippen molar-refractivity contribution >= 4 is 35.1 Å². The van der Waals surface area contributed by atoms with Crippen LogP contribution in [0.2, 0.25) is 5.02 Å². The summed E-state index contributed by atoms with van der Waals surface area (Å²) >= 11 is 6.45. The zero-order valence-corrected chi connectivity index (χ0v) is 21.8. The molecule has 2 atom stereocenters. The van der Waals surface area contributed by atoms with Crippen LogP contribution in [-0.4, -0.2) is 36.0 Å². The number of amides is 1. The van der Waals surface area contributed by atoms with Crippen LogP contribution in [-0.2, 0) is 35.8 Å². The molecular weight excluding hydrogens is 504 g/mol. The quantitative estimate of drug-likeness (QED) is 0.424. The van der Waals surface area contributed by atoms with Crippen LogP contribution in [0.25, 0.3) is 0 Å². The minimum atomic E-state index is -1.62. The summed E-state index contributed by atoms with van der Waals surface area (Å²) in [5, 5.41) is 3.34. The zero-order valence-electron chi connectivity index (χ0n) is 21.1. The van der Waals surface area contributed by atoms with Crippen molar-refractivity contribution in [1.29, 1.82) is 0 Å². The number of hydrogen-bond donors (Lipinski definition) is 1. The van der Waals surface area contributed by atoms with E-state index in [-0.39, 0.29) is 31.0 Å². The zero-order chi connectivity index (χ0) is 26.9. The lowest BCUT2D eigenvalue weighted by Gasteiger charge is -2.37. The highest BCUT2D eigenvalue weighted by Gasteiger charge is 2.66. The van der Waals surface area contributed by atoms with E-state index in [1.807, 2.05) is 60.7 Å². The van der Waals surface area contributed by atoms with Gasteiger partial charge < -0.3 is 19.7 Å². The second kappa shape index (κ2) is 10.3. The van der Waals surface area contributed by atoms with E-state index in [0.29, 0.717) is 16.3 Å². The maximum atomic E-state index is 14.2. The molecule has 3 aromatic rings. The summed E-state index contributed by atoms with van der Waals surface area (Å²) in [5.74, 6) is -1.90. The van der Waals surface area contributed by atoms with Crippen LogP contribution < -0.4 is 5.32 Å². The van der Waals surface area contributed by atoms with Crippen molar-refractivity contribution in [2.24, 2.45) is 0 Å². The van der Waals surface area contributed by atoms with Crippen molar-refractivity contribution in [3.63, 3.8) is 0 Å². The number of hydrogen-bond acceptors (Lipinski definition) is 6. The SMILES string of the molecule is CCOC(=O)C1=C(C(=O)OCC)C2(C(=O)Nc3ccc(Cl)cc32)C(c2ccccc2)N1Cc1ccccc1. The van der Waals surface area contributed by atoms with E-state index in [4.69, 9.17) is 21.1 Å². The molecule has 0 aliphatic carbocycles. The summed E-state index contributed by atoms with van der Waals surface area (Å²) in [6.07, 6.45) is 0. The first-order chi connectivity index (χ1) is 18.4. The molecule has 38 heavy (non-hydrogen) atoms. The molecule has 2 unspecified atom stereocenters. The summed E-state index contributed by atoms with van der Waals surface area (Å²) in [6.45, 7) is 3.77. The van der Waals surface area contributed by atoms with Crippen LogP contribution >= 0.6 is 11.6 Å². The third-order valence-corrected chi connectivity index (χ3v) is 7.15. The van der Waals surface area contributed by atoms with Crippen LogP contribution in [0.3, 0.4) is 0 Å². The number of rotatable bonds is 7. The molecule has 2 heterocycles. The molecule has 0 saturated carbocycles. The van der Waals surface area contributed by atoms with Crippen LogP contribution in [0.1, 0.15) is 36.6 Å². The first kappa shape index (κ1) is 25.5. The van der Waals surface area contributed by atoms with Gasteiger partial charge in [-0.1, -0.05) is 72.3 Å². The lowest BCUT2D eigenvalue weighted by atomic mass is 9.69. The van der Waals surface area contributed by atoms with E-state index in [1.165, 1.54) is 0 Å². The van der Waals surface area contributed by atoms with Crippen molar-refractivity contribution in [1.82, 2.24) is 4.90 Å². The summed E-state index contributed by atoms with van der Waals surface area (Å²) in [4.78, 5) is 43.5. The van der Waals surface area contributed by atoms with Gasteiger partial charge >= 0.3 is 11.9 Å². The highest BCUT2D eigenvalue weighted by molar-refractivity contribution is 6.31. The molecule has 2 aliphatic rings. The molecule has 1 amide bonds. The number of fused-ring (bicyclic) bond motifs is 2. The molecule has 194 valence electrons. The van der Waals surface area contributed by atoms with Crippen molar-refractivity contribution < 1.29 is 23.9 Å². The molecular formula is C30H27ClN2O5. The van der Waals surface area contributed by atoms with Gasteiger partial charge in [0.1, 0.15) is 11.1 Å². The minimum Gasteiger partial charge on any atom is -0.463 e. The first-order valence-electron chi connectivity index (χ1n) is 12.5. The standard InChI is InChI=1S/C30H27ClN2O5/c1-3-37-27(34)24-25(28(35)38-4-2)33(18-19-11-7-5-8-12-19)26(20-13-9-6-10-14-20)30(24)22-17-21(31)15-16-23(22)32-29(30)36/h5-17,26H,3-4,18H2,1-2H3,(H,32,36). The Bertz CT molecular complexity index is 1420. The number of esters is 2. The van der Waals surface area contributed by atoms with Gasteiger partial charge in [-0.3, -0.25) is 4.79 Å². The lowest BCUT2D eigenvalue weighted by Crippen LogP contribution is -2.45. The molecule has 7 nitrogen and oxygen atoms in total. The highest BCUT2D eigenvalue weighted by atomic mass is 35.5. The van der Waals surface area contributed by atoms with Gasteiger partial charge in [0.15, 0.2) is 0 Å². The van der Waals surface area contributed by atoms with Gasteiger partial charge in [-0.2, -0.15) is 0 Å². The Balaban J connectivity index is 1.88. The fourth-order valence-corrected chi connectivity index (χ4v) is 5.71. The number of nitrogens with one attached hydrogen (secondary N) is 1. The predicted molar refractivity (Wildman–Crippen MR) is 143 cm³/mol. The summed E-state index contributed by atoms with van der Waals surface area (Å²) in [6, 6.07) is 23.2. The Morgan fingerprint density at radius 2 is 1.55 bits per heavy atom. The molecule has 3 aromatic carbocycles. The largest absolute Gasteiger partial charge is 0.463 e. The normalized spacial score (nSPS) is 19.9. The van der Waals surface area contributed by atoms with Crippen molar-refractivity contribution in [2.75, 3.05) is 18.5 Å². The Morgan fingerprint density at radius 1 is 0.921 bits per heavy atom. The van der Waals surface area contributed by atoms with Crippen LogP contribution in [0.4, 0.5) is 5.69 Å². The number of nitrogens with zero attached hydrogens (tertiary/aromatic N) is 1. The Morgan fingerprint density at radius 3 is 2.21 bits per heavy atom. The van der Waals surface area contributed by atoms with E-state index in [2.05, 4.69) is 5.32 Å². The number of carbonyl (C=O) groups excluding carboxylic acids is 3. The maximum Gasteiger partial charge on any atom is 0.355 e. The molecule has 0 saturated heterocycles. The molecule has 5 rings (SSSR count). The fourth-order valence-electron chi connectivity index (χ4n) is 5.54. The fraction of sp³-hybridized carbons (Fsp3) is 0.233. The molecule has 2 aliphatic heterocycles. The van der Waals surface area contributed by atoms with E-state index in [1.54, 1.807) is 36.9 Å². The monoisotopic (exact) mass is 530 g/mol. The maximum absolute atomic E-state index is 14.2. The summed E-state index contributed by atoms with van der Waals surface area (Å²) in [7, 11) is 0. The predicted octanol–water partition coefficient (Wildman–Crippen LogP) is 5.17. The summed E-state index contributed by atoms with van der Waals surface area (Å²) in [5.41, 5.74) is 0.987. The van der Waals surface area contributed by atoms with Gasteiger partial charge in [-0.05, 0) is 48.7 Å². The van der Waals surface area contributed by atoms with E-state index in [0.717, 1.165) is 11.1 Å². The number of halogens is 1. The topological polar surface area (TPSA) is 84.9 Å². The lowest BCUT2D eigenvalue weighted by molar-refractivity contribution is -0.143. The molecule has 0 bridgehead atoms. The highest BCUT2D eigenvalue weighted by Crippen LogP contribution is 2.60. The third-order valence-electron chi connectivity index (χ3n) is 6.91. The van der Waals surface area contributed by atoms with Gasteiger partial charge in [0.2, 0.25) is 5.91 Å². The van der Waals surface area contributed by atoms with Crippen LogP contribution in [0.15, 0.2) is 90.1 Å². The average molecular weight is 531 g/mol. The van der Waals surface area contributed by atoms with Crippen LogP contribution in [0, 0.1) is 0 Å². The molecule has 8 heteroatoms. The van der Waals surface area contributed by atoms with E-state index >= 15 is 0 Å². The molecule has 1 spiro atoms. The van der Waals surface area contributed by atoms with E-state index < -0.39 is 29.3 Å². The van der Waals surface area contributed by atoms with Gasteiger partial charge in [0.05, 0.1) is 24.8 Å². The van der Waals surface area contributed by atoms with Crippen LogP contribution in [0.5, 0.6) is 0 Å². The first-order valence-corrected chi connectivity index (χ1v) is 12.9. The average Bonchev–Trinajstić information content (AvgIpc) is 3.37. The van der Waals surface area contributed by atoms with Crippen molar-refractivity contribution in [3.05, 3.63) is 112 Å². The minimum absolute atomic E-state index is 0.00554. The van der Waals surface area contributed by atoms with Crippen molar-refractivity contribution in [3.8, 4) is 0 Å². The smallest absolute Gasteiger partial charge is 0.355 e. The molecule has 0 fully saturated rings. The van der Waals surface area contributed by atoms with E-state index in [9.17, 15) is 14.4 Å². The summed E-state index contributed by atoms with van der Waals surface area (Å²) < 4.78 is 11.0. The number of ether oxygens (including phenoxy) is 2. The molecule has 1 N–H and O–H groups in total. The van der Waals surface area contributed by atoms with Gasteiger partial charge in [-0.25, -0.2) is 9.59 Å². The number of benzene rings is 3. The number of carbonyl (C=O) groups is 3. The van der Waals surface area contributed by atoms with Crippen molar-refractivity contribution in [2.45, 2.75) is 31.8 Å². The van der Waals surface area contributed by atoms with Gasteiger partial charge in [-0.15, -0.1) is 0 Å². The Kier molecular flexibility index (Phi) is 6.95. The molecule has 0 radical (unpaired) electrons. The Hall–Kier alpha value is -4.10. The second-order valence-corrected chi connectivity index (χ2v) is 9.48. The second-order valence-electron chi connectivity index (χ2n) is 9.04. The van der Waals surface area contributed by atoms with Gasteiger partial charge in [0, 0.05) is 17.3 Å². The van der Waals surface area contributed by atoms with Gasteiger partial charge in [0.25, 0.3) is 0 Å². The molecule has 0 aromatic heterocycles.